The van der Waals surface area contributed by atoms with E-state index in [9.17, 15) is 5.11 Å². The molecule has 0 aromatic carbocycles. The molecule has 0 amide bonds. The molecule has 1 aliphatic rings. The molecule has 1 aliphatic heterocycles. The van der Waals surface area contributed by atoms with Gasteiger partial charge in [0.2, 0.25) is 0 Å². The van der Waals surface area contributed by atoms with Gasteiger partial charge in [-0.15, -0.1) is 11.6 Å². The third-order valence-corrected chi connectivity index (χ3v) is 4.49. The molecule has 130 valence electrons. The fraction of sp³-hybridized carbons (Fsp3) is 1.00. The summed E-state index contributed by atoms with van der Waals surface area (Å²) < 4.78 is 4.73. The number of hydrogen-bond acceptors (Lipinski definition) is 8. The normalized spacial score (nSPS) is 15.9. The van der Waals surface area contributed by atoms with Crippen LogP contribution in [-0.2, 0) is 4.74 Å². The van der Waals surface area contributed by atoms with Crippen molar-refractivity contribution in [1.29, 1.82) is 0 Å². The molecule has 0 radical (unpaired) electrons. The first-order valence-corrected chi connectivity index (χ1v) is 10.1. The zero-order valence-corrected chi connectivity index (χ0v) is 15.3. The molecule has 0 aromatic rings. The molecule has 0 bridgehead atoms. The van der Waals surface area contributed by atoms with Crippen molar-refractivity contribution in [3.63, 3.8) is 0 Å². The first-order chi connectivity index (χ1) is 10.2. The lowest BCUT2D eigenvalue weighted by Crippen LogP contribution is -2.14. The smallest absolute Gasteiger partial charge is 0.0944 e. The van der Waals surface area contributed by atoms with E-state index in [2.05, 4.69) is 12.6 Å². The Morgan fingerprint density at radius 2 is 1.52 bits per heavy atom. The highest BCUT2D eigenvalue weighted by atomic mass is 35.5. The summed E-state index contributed by atoms with van der Waals surface area (Å²) in [5, 5.41) is 34.0. The fourth-order valence-corrected chi connectivity index (χ4v) is 2.47. The molecule has 0 spiro atoms. The van der Waals surface area contributed by atoms with Crippen molar-refractivity contribution in [3.8, 4) is 0 Å². The zero-order valence-electron chi connectivity index (χ0n) is 12.1. The van der Waals surface area contributed by atoms with Crippen LogP contribution >= 0.6 is 47.8 Å². The highest BCUT2D eigenvalue weighted by molar-refractivity contribution is 8.00. The van der Waals surface area contributed by atoms with Crippen LogP contribution in [0.1, 0.15) is 0 Å². The molecule has 0 aromatic heterocycles. The van der Waals surface area contributed by atoms with E-state index >= 15 is 0 Å². The molecule has 21 heavy (non-hydrogen) atoms. The van der Waals surface area contributed by atoms with Crippen LogP contribution in [0, 0.1) is 0 Å². The Balaban J connectivity index is 0. The fourth-order valence-electron chi connectivity index (χ4n) is 0.773. The number of hydrogen-bond donors (Lipinski definition) is 5. The van der Waals surface area contributed by atoms with Gasteiger partial charge in [-0.2, -0.15) is 36.2 Å². The van der Waals surface area contributed by atoms with Crippen molar-refractivity contribution < 1.29 is 25.2 Å². The molecule has 4 N–H and O–H groups in total. The van der Waals surface area contributed by atoms with E-state index in [-0.39, 0.29) is 25.9 Å². The third kappa shape index (κ3) is 26.4. The predicted octanol–water partition coefficient (Wildman–Crippen LogP) is 0.331. The van der Waals surface area contributed by atoms with E-state index < -0.39 is 0 Å². The first kappa shape index (κ1) is 24.4. The van der Waals surface area contributed by atoms with E-state index in [4.69, 9.17) is 31.7 Å². The van der Waals surface area contributed by atoms with Gasteiger partial charge in [-0.25, -0.2) is 0 Å². The largest absolute Gasteiger partial charge is 0.396 e. The Labute approximate surface area is 146 Å². The van der Waals surface area contributed by atoms with Crippen LogP contribution in [-0.4, -0.2) is 93.7 Å². The van der Waals surface area contributed by atoms with Gasteiger partial charge in [0.1, 0.15) is 0 Å². The molecule has 0 aliphatic carbocycles. The molecule has 1 fully saturated rings. The van der Waals surface area contributed by atoms with Crippen molar-refractivity contribution in [2.75, 3.05) is 61.1 Å². The van der Waals surface area contributed by atoms with Gasteiger partial charge in [-0.1, -0.05) is 0 Å². The van der Waals surface area contributed by atoms with E-state index in [1.165, 1.54) is 0 Å². The molecule has 1 atom stereocenters. The molecule has 1 saturated heterocycles. The topological polar surface area (TPSA) is 93.5 Å². The van der Waals surface area contributed by atoms with Crippen molar-refractivity contribution >= 4 is 47.8 Å². The minimum Gasteiger partial charge on any atom is -0.396 e. The maximum absolute atomic E-state index is 9.30. The van der Waals surface area contributed by atoms with Crippen molar-refractivity contribution in [1.82, 2.24) is 0 Å². The second-order valence-electron chi connectivity index (χ2n) is 3.81. The van der Waals surface area contributed by atoms with Crippen LogP contribution in [0.15, 0.2) is 0 Å². The Kier molecular flexibility index (Phi) is 24.6. The first-order valence-electron chi connectivity index (χ1n) is 6.60. The highest BCUT2D eigenvalue weighted by Crippen LogP contribution is 2.09. The Morgan fingerprint density at radius 3 is 1.71 bits per heavy atom. The number of aliphatic hydroxyl groups is 4. The summed E-state index contributed by atoms with van der Waals surface area (Å²) in [6.07, 6.45) is 0.0785. The second kappa shape index (κ2) is 21.1. The van der Waals surface area contributed by atoms with Crippen molar-refractivity contribution in [3.05, 3.63) is 0 Å². The van der Waals surface area contributed by atoms with Crippen LogP contribution in [0.25, 0.3) is 0 Å². The van der Waals surface area contributed by atoms with Gasteiger partial charge in [0.05, 0.1) is 44.5 Å². The summed E-state index contributed by atoms with van der Waals surface area (Å²) >= 11 is 12.0. The summed E-state index contributed by atoms with van der Waals surface area (Å²) in [7, 11) is 0. The zero-order chi connectivity index (χ0) is 16.3. The van der Waals surface area contributed by atoms with Gasteiger partial charge >= 0.3 is 0 Å². The quantitative estimate of drug-likeness (QED) is 0.161. The highest BCUT2D eigenvalue weighted by Gasteiger charge is 2.19. The third-order valence-electron chi connectivity index (χ3n) is 1.77. The average molecular weight is 383 g/mol. The molecule has 1 rings (SSSR count). The number of alkyl halides is 1. The molecule has 0 saturated carbocycles. The molecule has 1 heterocycles. The van der Waals surface area contributed by atoms with Crippen LogP contribution < -0.4 is 0 Å². The summed E-state index contributed by atoms with van der Waals surface area (Å²) in [6, 6.07) is 0. The minimum atomic E-state index is -0.321. The Hall–Kier alpha value is 1.14. The lowest BCUT2D eigenvalue weighted by molar-refractivity contribution is 0.225. The van der Waals surface area contributed by atoms with Crippen LogP contribution in [0.2, 0.25) is 0 Å². The number of rotatable bonds is 10. The number of aliphatic hydroxyl groups excluding tert-OH is 4. The van der Waals surface area contributed by atoms with Gasteiger partial charge in [0, 0.05) is 28.8 Å². The summed E-state index contributed by atoms with van der Waals surface area (Å²) in [6.45, 7) is 1.40. The van der Waals surface area contributed by atoms with Crippen LogP contribution in [0.5, 0.6) is 0 Å². The maximum Gasteiger partial charge on any atom is 0.0944 e. The average Bonchev–Trinajstić information content (AvgIpc) is 3.33. The molecule has 9 heteroatoms. The number of halogens is 1. The number of epoxide rings is 1. The van der Waals surface area contributed by atoms with E-state index in [0.717, 1.165) is 6.61 Å². The SMILES string of the molecule is ClCC1CO1.OCCS.OCCSCC(O)CSCCO. The summed E-state index contributed by atoms with van der Waals surface area (Å²) in [4.78, 5) is 0. The lowest BCUT2D eigenvalue weighted by atomic mass is 10.5. The number of thiol groups is 1. The van der Waals surface area contributed by atoms with Crippen LogP contribution in [0.4, 0.5) is 0 Å². The maximum atomic E-state index is 9.30. The van der Waals surface area contributed by atoms with Crippen molar-refractivity contribution in [2.24, 2.45) is 0 Å². The van der Waals surface area contributed by atoms with Gasteiger partial charge in [0.25, 0.3) is 0 Å². The second-order valence-corrected chi connectivity index (χ2v) is 6.86. The number of thioether (sulfide) groups is 2. The van der Waals surface area contributed by atoms with E-state index in [0.29, 0.717) is 40.7 Å². The number of ether oxygens (including phenoxy) is 1. The van der Waals surface area contributed by atoms with Gasteiger partial charge < -0.3 is 25.2 Å². The standard InChI is InChI=1S/C7H16O3S2.C3H5ClO.C2H6OS/c8-1-3-11-5-7(10)6-12-4-2-9;4-1-3-2-5-3;3-1-2-4/h7-10H,1-6H2;3H,1-2H2;3-4H,1-2H2. The summed E-state index contributed by atoms with van der Waals surface area (Å²) in [5.74, 6) is 3.93. The molecular weight excluding hydrogens is 356 g/mol. The van der Waals surface area contributed by atoms with Gasteiger partial charge in [-0.05, 0) is 0 Å². The lowest BCUT2D eigenvalue weighted by Gasteiger charge is -2.08. The molecule has 5 nitrogen and oxygen atoms in total. The van der Waals surface area contributed by atoms with E-state index in [1.807, 2.05) is 0 Å². The van der Waals surface area contributed by atoms with E-state index in [1.54, 1.807) is 23.5 Å². The van der Waals surface area contributed by atoms with Crippen LogP contribution in [0.3, 0.4) is 0 Å². The molecule has 1 unspecified atom stereocenters. The summed E-state index contributed by atoms with van der Waals surface area (Å²) in [5.41, 5.74) is 0. The van der Waals surface area contributed by atoms with Gasteiger partial charge in [-0.3, -0.25) is 0 Å². The van der Waals surface area contributed by atoms with Crippen molar-refractivity contribution in [2.45, 2.75) is 12.2 Å². The predicted molar refractivity (Wildman–Crippen MR) is 96.2 cm³/mol. The Bertz CT molecular complexity index is 178. The monoisotopic (exact) mass is 382 g/mol. The minimum absolute atomic E-state index is 0.168. The van der Waals surface area contributed by atoms with Gasteiger partial charge in [0.15, 0.2) is 0 Å². The molecular formula is C12H27ClO5S3. The Morgan fingerprint density at radius 1 is 1.10 bits per heavy atom.